The molecule has 8 atom stereocenters. The van der Waals surface area contributed by atoms with Crippen molar-refractivity contribution in [2.45, 2.75) is 190 Å². The Bertz CT molecular complexity index is 576. The SMILES string of the molecule is CCCCCCCCCCCCCC(O)CC[C@H](C)C[C@H](C)C[C@H](C)C[C@H](C)C[C@H](C)C[C@H](C)C[C@H](C)C(=O)O. The Hall–Kier alpha value is -0.570. The molecule has 0 aromatic heterocycles. The van der Waals surface area contributed by atoms with Crippen molar-refractivity contribution in [2.75, 3.05) is 0 Å². The predicted molar refractivity (Wildman–Crippen MR) is 176 cm³/mol. The average Bonchev–Trinajstić information content (AvgIpc) is 2.85. The number of rotatable bonds is 28. The van der Waals surface area contributed by atoms with Gasteiger partial charge in [0, 0.05) is 0 Å². The van der Waals surface area contributed by atoms with Crippen molar-refractivity contribution in [2.24, 2.45) is 41.4 Å². The summed E-state index contributed by atoms with van der Waals surface area (Å²) in [6.07, 6.45) is 25.1. The maximum atomic E-state index is 11.1. The van der Waals surface area contributed by atoms with Crippen LogP contribution in [0, 0.1) is 41.4 Å². The van der Waals surface area contributed by atoms with Crippen molar-refractivity contribution in [1.29, 1.82) is 0 Å². The molecular weight excluding hydrogens is 492 g/mol. The van der Waals surface area contributed by atoms with E-state index < -0.39 is 5.97 Å². The number of aliphatic hydroxyl groups is 1. The molecule has 3 heteroatoms. The topological polar surface area (TPSA) is 57.5 Å². The minimum Gasteiger partial charge on any atom is -0.481 e. The lowest BCUT2D eigenvalue weighted by Crippen LogP contribution is -2.16. The van der Waals surface area contributed by atoms with Crippen LogP contribution in [0.3, 0.4) is 0 Å². The maximum Gasteiger partial charge on any atom is 0.306 e. The molecule has 0 aromatic rings. The number of hydrogen-bond donors (Lipinski definition) is 2. The Kier molecular flexibility index (Phi) is 24.6. The molecule has 0 aliphatic heterocycles. The Morgan fingerprint density at radius 1 is 0.475 bits per heavy atom. The summed E-state index contributed by atoms with van der Waals surface area (Å²) < 4.78 is 0. The Morgan fingerprint density at radius 2 is 0.825 bits per heavy atom. The fourth-order valence-corrected chi connectivity index (χ4v) is 7.40. The van der Waals surface area contributed by atoms with Gasteiger partial charge in [-0.25, -0.2) is 0 Å². The van der Waals surface area contributed by atoms with Gasteiger partial charge >= 0.3 is 5.97 Å². The molecule has 0 amide bonds. The highest BCUT2D eigenvalue weighted by atomic mass is 16.4. The third-order valence-electron chi connectivity index (χ3n) is 9.33. The third kappa shape index (κ3) is 24.1. The summed E-state index contributed by atoms with van der Waals surface area (Å²) in [7, 11) is 0. The largest absolute Gasteiger partial charge is 0.481 e. The van der Waals surface area contributed by atoms with E-state index in [-0.39, 0.29) is 12.0 Å². The van der Waals surface area contributed by atoms with E-state index in [2.05, 4.69) is 48.5 Å². The number of carboxylic acids is 1. The summed E-state index contributed by atoms with van der Waals surface area (Å²) in [6.45, 7) is 18.3. The van der Waals surface area contributed by atoms with E-state index in [9.17, 15) is 9.90 Å². The van der Waals surface area contributed by atoms with Crippen LogP contribution in [0.4, 0.5) is 0 Å². The summed E-state index contributed by atoms with van der Waals surface area (Å²) in [5.74, 6) is 3.15. The van der Waals surface area contributed by atoms with Gasteiger partial charge in [-0.3, -0.25) is 4.79 Å². The first-order valence-electron chi connectivity index (χ1n) is 17.8. The smallest absolute Gasteiger partial charge is 0.306 e. The molecule has 0 saturated carbocycles. The lowest BCUT2D eigenvalue weighted by atomic mass is 9.80. The zero-order valence-electron chi connectivity index (χ0n) is 28.6. The molecule has 2 N–H and O–H groups in total. The van der Waals surface area contributed by atoms with Crippen molar-refractivity contribution < 1.29 is 15.0 Å². The molecule has 0 spiro atoms. The summed E-state index contributed by atoms with van der Waals surface area (Å²) in [5, 5.41) is 19.7. The van der Waals surface area contributed by atoms with E-state index in [0.29, 0.717) is 17.8 Å². The molecule has 3 nitrogen and oxygen atoms in total. The van der Waals surface area contributed by atoms with Gasteiger partial charge in [-0.2, -0.15) is 0 Å². The Morgan fingerprint density at radius 3 is 1.23 bits per heavy atom. The van der Waals surface area contributed by atoms with Crippen LogP contribution >= 0.6 is 0 Å². The van der Waals surface area contributed by atoms with Crippen molar-refractivity contribution in [3.05, 3.63) is 0 Å². The minimum atomic E-state index is -0.666. The number of aliphatic carboxylic acids is 1. The fraction of sp³-hybridized carbons (Fsp3) is 0.973. The summed E-state index contributed by atoms with van der Waals surface area (Å²) in [4.78, 5) is 11.1. The molecule has 40 heavy (non-hydrogen) atoms. The minimum absolute atomic E-state index is 0.104. The molecule has 0 rings (SSSR count). The molecule has 0 fully saturated rings. The van der Waals surface area contributed by atoms with Crippen LogP contribution in [0.5, 0.6) is 0 Å². The Balaban J connectivity index is 3.90. The molecule has 1 unspecified atom stereocenters. The second kappa shape index (κ2) is 25.0. The zero-order chi connectivity index (χ0) is 30.3. The lowest BCUT2D eigenvalue weighted by molar-refractivity contribution is -0.141. The van der Waals surface area contributed by atoms with Crippen molar-refractivity contribution in [1.82, 2.24) is 0 Å². The molecule has 0 aliphatic carbocycles. The van der Waals surface area contributed by atoms with Gasteiger partial charge < -0.3 is 10.2 Å². The van der Waals surface area contributed by atoms with Gasteiger partial charge in [0.1, 0.15) is 0 Å². The first-order valence-corrected chi connectivity index (χ1v) is 17.8. The van der Waals surface area contributed by atoms with Crippen molar-refractivity contribution in [3.63, 3.8) is 0 Å². The molecule has 0 aliphatic rings. The molecule has 0 bridgehead atoms. The van der Waals surface area contributed by atoms with Crippen LogP contribution in [-0.2, 0) is 4.79 Å². The van der Waals surface area contributed by atoms with Crippen LogP contribution in [0.25, 0.3) is 0 Å². The number of aliphatic hydroxyl groups excluding tert-OH is 1. The van der Waals surface area contributed by atoms with Crippen LogP contribution in [0.2, 0.25) is 0 Å². The number of hydrogen-bond acceptors (Lipinski definition) is 2. The van der Waals surface area contributed by atoms with Crippen LogP contribution in [-0.4, -0.2) is 22.3 Å². The highest BCUT2D eigenvalue weighted by molar-refractivity contribution is 5.69. The molecule has 240 valence electrons. The number of carboxylic acid groups (broad SMARTS) is 1. The van der Waals surface area contributed by atoms with Gasteiger partial charge in [0.05, 0.1) is 12.0 Å². The van der Waals surface area contributed by atoms with E-state index in [0.717, 1.165) is 49.9 Å². The molecule has 0 radical (unpaired) electrons. The molecule has 0 saturated heterocycles. The van der Waals surface area contributed by atoms with E-state index in [1.54, 1.807) is 0 Å². The highest BCUT2D eigenvalue weighted by Crippen LogP contribution is 2.30. The van der Waals surface area contributed by atoms with E-state index >= 15 is 0 Å². The maximum absolute atomic E-state index is 11.1. The number of carbonyl (C=O) groups is 1. The van der Waals surface area contributed by atoms with Gasteiger partial charge in [0.25, 0.3) is 0 Å². The quantitative estimate of drug-likeness (QED) is 0.0926. The molecular formula is C37H74O3. The predicted octanol–water partition coefficient (Wildman–Crippen LogP) is 11.7. The van der Waals surface area contributed by atoms with Gasteiger partial charge in [-0.05, 0) is 93.3 Å². The summed E-state index contributed by atoms with van der Waals surface area (Å²) >= 11 is 0. The van der Waals surface area contributed by atoms with Gasteiger partial charge in [-0.1, -0.05) is 126 Å². The summed E-state index contributed by atoms with van der Waals surface area (Å²) in [6, 6.07) is 0. The van der Waals surface area contributed by atoms with E-state index in [1.807, 2.05) is 6.92 Å². The number of unbranched alkanes of at least 4 members (excludes halogenated alkanes) is 10. The first kappa shape index (κ1) is 39.4. The van der Waals surface area contributed by atoms with Crippen LogP contribution in [0.15, 0.2) is 0 Å². The second-order valence-corrected chi connectivity index (χ2v) is 14.8. The average molecular weight is 567 g/mol. The lowest BCUT2D eigenvalue weighted by Gasteiger charge is -2.25. The zero-order valence-corrected chi connectivity index (χ0v) is 28.6. The van der Waals surface area contributed by atoms with Crippen LogP contribution < -0.4 is 0 Å². The van der Waals surface area contributed by atoms with E-state index in [4.69, 9.17) is 5.11 Å². The third-order valence-corrected chi connectivity index (χ3v) is 9.33. The Labute approximate surface area is 252 Å². The monoisotopic (exact) mass is 567 g/mol. The van der Waals surface area contributed by atoms with Crippen molar-refractivity contribution >= 4 is 5.97 Å². The fourth-order valence-electron chi connectivity index (χ4n) is 7.40. The van der Waals surface area contributed by atoms with Crippen molar-refractivity contribution in [3.8, 4) is 0 Å². The second-order valence-electron chi connectivity index (χ2n) is 14.8. The molecule has 0 aromatic carbocycles. The molecule has 0 heterocycles. The van der Waals surface area contributed by atoms with Gasteiger partial charge in [-0.15, -0.1) is 0 Å². The van der Waals surface area contributed by atoms with Gasteiger partial charge in [0.15, 0.2) is 0 Å². The van der Waals surface area contributed by atoms with Crippen LogP contribution in [0.1, 0.15) is 184 Å². The normalized spacial score (nSPS) is 18.0. The van der Waals surface area contributed by atoms with Gasteiger partial charge in [0.2, 0.25) is 0 Å². The summed E-state index contributed by atoms with van der Waals surface area (Å²) in [5.41, 5.74) is 0. The first-order chi connectivity index (χ1) is 18.9. The standard InChI is InChI=1S/C37H74O3/c1-9-10-11-12-13-14-15-16-17-18-19-20-36(38)22-21-29(2)23-30(3)24-31(4)25-32(5)26-33(6)27-34(7)28-35(8)37(39)40/h29-36,38H,9-28H2,1-8H3,(H,39,40)/t29-,30-,31-,32-,33-,34-,35-,36?/m0/s1. The highest BCUT2D eigenvalue weighted by Gasteiger charge is 2.20. The van der Waals surface area contributed by atoms with E-state index in [1.165, 1.54) is 96.3 Å².